The summed E-state index contributed by atoms with van der Waals surface area (Å²) in [6.45, 7) is -0.393. The molecule has 1 saturated heterocycles. The zero-order valence-electron chi connectivity index (χ0n) is 23.3. The SMILES string of the molecule is O=C(OC[C@H]1O[C@@H](S)[C@H](OC(=O)c2ccccc2)[C@@H](OC(=O)c2ccccc2)[C@H]1OC(=O)c1ccccc1)c1ccccc1. The van der Waals surface area contributed by atoms with Crippen molar-refractivity contribution in [3.05, 3.63) is 144 Å². The Morgan fingerprint density at radius 3 is 1.25 bits per heavy atom. The van der Waals surface area contributed by atoms with Gasteiger partial charge in [0.05, 0.1) is 22.3 Å². The van der Waals surface area contributed by atoms with E-state index in [2.05, 4.69) is 12.6 Å². The van der Waals surface area contributed by atoms with E-state index >= 15 is 0 Å². The molecule has 1 aliphatic heterocycles. The lowest BCUT2D eigenvalue weighted by Crippen LogP contribution is -2.61. The third-order valence-corrected chi connectivity index (χ3v) is 7.17. The van der Waals surface area contributed by atoms with Gasteiger partial charge in [0.2, 0.25) is 0 Å². The number of thiol groups is 1. The van der Waals surface area contributed by atoms with E-state index in [-0.39, 0.29) is 16.7 Å². The molecule has 10 heteroatoms. The van der Waals surface area contributed by atoms with Crippen molar-refractivity contribution < 1.29 is 42.9 Å². The van der Waals surface area contributed by atoms with Gasteiger partial charge in [0, 0.05) is 0 Å². The highest BCUT2D eigenvalue weighted by atomic mass is 32.1. The van der Waals surface area contributed by atoms with Crippen molar-refractivity contribution in [2.75, 3.05) is 6.61 Å². The number of hydrogen-bond donors (Lipinski definition) is 1. The molecule has 4 aromatic rings. The minimum absolute atomic E-state index is 0.211. The van der Waals surface area contributed by atoms with Gasteiger partial charge in [-0.3, -0.25) is 0 Å². The first kappa shape index (κ1) is 30.5. The molecule has 5 rings (SSSR count). The summed E-state index contributed by atoms with van der Waals surface area (Å²) < 4.78 is 29.1. The summed E-state index contributed by atoms with van der Waals surface area (Å²) in [5, 5.41) is 0. The first-order chi connectivity index (χ1) is 21.4. The molecule has 1 heterocycles. The molecule has 0 saturated carbocycles. The Hall–Kier alpha value is -4.93. The van der Waals surface area contributed by atoms with Crippen LogP contribution in [0.15, 0.2) is 121 Å². The van der Waals surface area contributed by atoms with Crippen LogP contribution < -0.4 is 0 Å². The molecule has 224 valence electrons. The Kier molecular flexibility index (Phi) is 10.1. The van der Waals surface area contributed by atoms with E-state index in [1.807, 2.05) is 0 Å². The maximum atomic E-state index is 13.3. The molecule has 0 radical (unpaired) electrons. The van der Waals surface area contributed by atoms with Gasteiger partial charge in [-0.05, 0) is 48.5 Å². The van der Waals surface area contributed by atoms with Crippen LogP contribution in [0.1, 0.15) is 41.4 Å². The highest BCUT2D eigenvalue weighted by Crippen LogP contribution is 2.32. The topological polar surface area (TPSA) is 114 Å². The minimum atomic E-state index is -1.40. The Bertz CT molecular complexity index is 1570. The lowest BCUT2D eigenvalue weighted by molar-refractivity contribution is -0.206. The predicted octanol–water partition coefficient (Wildman–Crippen LogP) is 5.17. The second-order valence-electron chi connectivity index (χ2n) is 9.74. The van der Waals surface area contributed by atoms with Gasteiger partial charge in [-0.15, -0.1) is 12.6 Å². The molecule has 0 bridgehead atoms. The molecule has 1 aliphatic rings. The third kappa shape index (κ3) is 7.52. The number of rotatable bonds is 9. The van der Waals surface area contributed by atoms with E-state index in [1.165, 1.54) is 0 Å². The zero-order valence-corrected chi connectivity index (χ0v) is 24.2. The van der Waals surface area contributed by atoms with Gasteiger partial charge in [-0.1, -0.05) is 72.8 Å². The molecule has 9 nitrogen and oxygen atoms in total. The fourth-order valence-corrected chi connectivity index (χ4v) is 4.93. The van der Waals surface area contributed by atoms with Crippen molar-refractivity contribution in [3.8, 4) is 0 Å². The van der Waals surface area contributed by atoms with Crippen molar-refractivity contribution in [1.29, 1.82) is 0 Å². The maximum Gasteiger partial charge on any atom is 0.338 e. The van der Waals surface area contributed by atoms with Crippen LogP contribution in [-0.4, -0.2) is 60.3 Å². The van der Waals surface area contributed by atoms with Crippen molar-refractivity contribution in [1.82, 2.24) is 0 Å². The second-order valence-corrected chi connectivity index (χ2v) is 10.2. The van der Waals surface area contributed by atoms with Crippen molar-refractivity contribution >= 4 is 36.5 Å². The van der Waals surface area contributed by atoms with E-state index in [9.17, 15) is 19.2 Å². The summed E-state index contributed by atoms with van der Waals surface area (Å²) in [4.78, 5) is 52.5. The summed E-state index contributed by atoms with van der Waals surface area (Å²) in [6, 6.07) is 32.8. The molecule has 0 N–H and O–H groups in total. The lowest BCUT2D eigenvalue weighted by atomic mass is 9.98. The van der Waals surface area contributed by atoms with Gasteiger partial charge < -0.3 is 23.7 Å². The highest BCUT2D eigenvalue weighted by molar-refractivity contribution is 7.80. The summed E-state index contributed by atoms with van der Waals surface area (Å²) in [5.74, 6) is -2.90. The fraction of sp³-hybridized carbons (Fsp3) is 0.176. The third-order valence-electron chi connectivity index (χ3n) is 6.76. The molecule has 0 aliphatic carbocycles. The highest BCUT2D eigenvalue weighted by Gasteiger charge is 2.52. The van der Waals surface area contributed by atoms with Crippen molar-refractivity contribution in [3.63, 3.8) is 0 Å². The molecule has 5 atom stereocenters. The first-order valence-electron chi connectivity index (χ1n) is 13.7. The standard InChI is InChI=1S/C34H28O9S/c35-30(22-13-5-1-6-14-22)39-21-26-27(41-31(36)23-15-7-2-8-16-23)28(42-32(37)24-17-9-3-10-18-24)29(34(44)40-26)43-33(38)25-19-11-4-12-20-25/h1-20,26-29,34,44H,21H2/t26-,27+,28+,29-,34+/m1/s1. The van der Waals surface area contributed by atoms with E-state index < -0.39 is 60.3 Å². The lowest BCUT2D eigenvalue weighted by Gasteiger charge is -2.43. The maximum absolute atomic E-state index is 13.3. The number of carbonyl (C=O) groups is 4. The van der Waals surface area contributed by atoms with E-state index in [0.717, 1.165) is 0 Å². The average molecular weight is 613 g/mol. The van der Waals surface area contributed by atoms with Crippen LogP contribution in [0.3, 0.4) is 0 Å². The van der Waals surface area contributed by atoms with Crippen LogP contribution in [0.5, 0.6) is 0 Å². The van der Waals surface area contributed by atoms with Gasteiger partial charge in [0.25, 0.3) is 0 Å². The van der Waals surface area contributed by atoms with Gasteiger partial charge in [-0.25, -0.2) is 19.2 Å². The molecule has 0 unspecified atom stereocenters. The molecule has 1 fully saturated rings. The van der Waals surface area contributed by atoms with Crippen molar-refractivity contribution in [2.45, 2.75) is 29.9 Å². The average Bonchev–Trinajstić information content (AvgIpc) is 3.07. The van der Waals surface area contributed by atoms with Crippen LogP contribution in [0.25, 0.3) is 0 Å². The smallest absolute Gasteiger partial charge is 0.338 e. The van der Waals surface area contributed by atoms with E-state index in [1.54, 1.807) is 121 Å². The zero-order chi connectivity index (χ0) is 30.9. The Balaban J connectivity index is 1.48. The Morgan fingerprint density at radius 1 is 0.500 bits per heavy atom. The van der Waals surface area contributed by atoms with Crippen LogP contribution >= 0.6 is 12.6 Å². The molecular weight excluding hydrogens is 584 g/mol. The number of benzene rings is 4. The first-order valence-corrected chi connectivity index (χ1v) is 14.3. The summed E-state index contributed by atoms with van der Waals surface area (Å²) in [7, 11) is 0. The molecule has 44 heavy (non-hydrogen) atoms. The number of esters is 4. The number of carbonyl (C=O) groups excluding carboxylic acids is 4. The molecule has 4 aromatic carbocycles. The Morgan fingerprint density at radius 2 is 0.841 bits per heavy atom. The van der Waals surface area contributed by atoms with Crippen molar-refractivity contribution in [2.24, 2.45) is 0 Å². The summed E-state index contributed by atoms with van der Waals surface area (Å²) in [6.07, 6.45) is -5.26. The Labute approximate surface area is 259 Å². The van der Waals surface area contributed by atoms with Gasteiger partial charge in [0.1, 0.15) is 18.1 Å². The van der Waals surface area contributed by atoms with Crippen LogP contribution in [0.2, 0.25) is 0 Å². The quantitative estimate of drug-likeness (QED) is 0.155. The summed E-state index contributed by atoms with van der Waals surface area (Å²) >= 11 is 4.52. The number of ether oxygens (including phenoxy) is 5. The number of hydrogen-bond acceptors (Lipinski definition) is 10. The van der Waals surface area contributed by atoms with E-state index in [0.29, 0.717) is 5.56 Å². The van der Waals surface area contributed by atoms with Crippen LogP contribution in [0, 0.1) is 0 Å². The molecule has 0 amide bonds. The summed E-state index contributed by atoms with van der Waals surface area (Å²) in [5.41, 5.74) is -0.207. The van der Waals surface area contributed by atoms with Gasteiger partial charge in [-0.2, -0.15) is 0 Å². The van der Waals surface area contributed by atoms with Crippen LogP contribution in [-0.2, 0) is 23.7 Å². The molecular formula is C34H28O9S. The normalized spacial score (nSPS) is 21.0. The fourth-order valence-electron chi connectivity index (χ4n) is 4.54. The minimum Gasteiger partial charge on any atom is -0.459 e. The monoisotopic (exact) mass is 612 g/mol. The van der Waals surface area contributed by atoms with Crippen LogP contribution in [0.4, 0.5) is 0 Å². The van der Waals surface area contributed by atoms with Gasteiger partial charge >= 0.3 is 23.9 Å². The van der Waals surface area contributed by atoms with Gasteiger partial charge in [0.15, 0.2) is 18.3 Å². The molecule has 0 spiro atoms. The molecule has 0 aromatic heterocycles. The van der Waals surface area contributed by atoms with E-state index in [4.69, 9.17) is 23.7 Å². The predicted molar refractivity (Wildman–Crippen MR) is 161 cm³/mol. The second kappa shape index (κ2) is 14.5. The largest absolute Gasteiger partial charge is 0.459 e.